The van der Waals surface area contributed by atoms with E-state index in [0.29, 0.717) is 13.1 Å². The SMILES string of the molecule is CCCn1ccc(=O)n(CCC(C)(C)C)c1=O. The van der Waals surface area contributed by atoms with Gasteiger partial charge in [-0.3, -0.25) is 9.36 Å². The Balaban J connectivity index is 3.02. The molecule has 0 saturated carbocycles. The molecule has 4 heteroatoms. The Morgan fingerprint density at radius 3 is 2.35 bits per heavy atom. The quantitative estimate of drug-likeness (QED) is 0.803. The third-order valence-corrected chi connectivity index (χ3v) is 2.69. The van der Waals surface area contributed by atoms with Gasteiger partial charge in [0.2, 0.25) is 0 Å². The van der Waals surface area contributed by atoms with E-state index in [2.05, 4.69) is 20.8 Å². The molecule has 4 nitrogen and oxygen atoms in total. The fourth-order valence-corrected chi connectivity index (χ4v) is 1.62. The molecule has 1 heterocycles. The summed E-state index contributed by atoms with van der Waals surface area (Å²) in [5.74, 6) is 0. The minimum Gasteiger partial charge on any atom is -0.300 e. The molecule has 0 amide bonds. The van der Waals surface area contributed by atoms with Crippen molar-refractivity contribution >= 4 is 0 Å². The van der Waals surface area contributed by atoms with Crippen LogP contribution in [0.25, 0.3) is 0 Å². The number of aromatic nitrogens is 2. The van der Waals surface area contributed by atoms with Crippen molar-refractivity contribution in [3.05, 3.63) is 33.1 Å². The zero-order chi connectivity index (χ0) is 13.1. The molecule has 0 radical (unpaired) electrons. The predicted octanol–water partition coefficient (Wildman–Crippen LogP) is 1.86. The topological polar surface area (TPSA) is 44.0 Å². The van der Waals surface area contributed by atoms with Crippen LogP contribution in [0.15, 0.2) is 21.9 Å². The monoisotopic (exact) mass is 238 g/mol. The van der Waals surface area contributed by atoms with Crippen molar-refractivity contribution in [1.82, 2.24) is 9.13 Å². The third-order valence-electron chi connectivity index (χ3n) is 2.69. The Morgan fingerprint density at radius 2 is 1.82 bits per heavy atom. The minimum atomic E-state index is -0.202. The zero-order valence-corrected chi connectivity index (χ0v) is 11.2. The first-order valence-electron chi connectivity index (χ1n) is 6.15. The second kappa shape index (κ2) is 5.34. The molecule has 1 aromatic rings. The standard InChI is InChI=1S/C13H22N2O2/c1-5-8-14-9-6-11(16)15(12(14)17)10-7-13(2,3)4/h6,9H,5,7-8,10H2,1-4H3. The van der Waals surface area contributed by atoms with Crippen LogP contribution in [0.2, 0.25) is 0 Å². The van der Waals surface area contributed by atoms with E-state index in [1.54, 1.807) is 10.8 Å². The Bertz CT molecular complexity index is 477. The first-order valence-corrected chi connectivity index (χ1v) is 6.15. The highest BCUT2D eigenvalue weighted by molar-refractivity contribution is 4.86. The van der Waals surface area contributed by atoms with E-state index in [4.69, 9.17) is 0 Å². The number of rotatable bonds is 4. The van der Waals surface area contributed by atoms with Crippen LogP contribution in [0.1, 0.15) is 40.5 Å². The molecule has 17 heavy (non-hydrogen) atoms. The summed E-state index contributed by atoms with van der Waals surface area (Å²) in [4.78, 5) is 23.7. The highest BCUT2D eigenvalue weighted by atomic mass is 16.2. The van der Waals surface area contributed by atoms with Gasteiger partial charge in [0.25, 0.3) is 5.56 Å². The maximum atomic E-state index is 12.0. The van der Waals surface area contributed by atoms with Gasteiger partial charge in [-0.15, -0.1) is 0 Å². The highest BCUT2D eigenvalue weighted by Gasteiger charge is 2.12. The maximum absolute atomic E-state index is 12.0. The Hall–Kier alpha value is -1.32. The fourth-order valence-electron chi connectivity index (χ4n) is 1.62. The average Bonchev–Trinajstić information content (AvgIpc) is 2.21. The van der Waals surface area contributed by atoms with Gasteiger partial charge >= 0.3 is 5.69 Å². The van der Waals surface area contributed by atoms with Crippen LogP contribution in [-0.2, 0) is 13.1 Å². The Morgan fingerprint density at radius 1 is 1.18 bits per heavy atom. The van der Waals surface area contributed by atoms with E-state index in [0.717, 1.165) is 12.8 Å². The smallest absolute Gasteiger partial charge is 0.300 e. The van der Waals surface area contributed by atoms with Gasteiger partial charge in [0.05, 0.1) is 0 Å². The molecule has 0 saturated heterocycles. The molecule has 1 rings (SSSR count). The largest absolute Gasteiger partial charge is 0.330 e. The first kappa shape index (κ1) is 13.7. The van der Waals surface area contributed by atoms with Crippen molar-refractivity contribution in [2.45, 2.75) is 53.6 Å². The lowest BCUT2D eigenvalue weighted by molar-refractivity contribution is 0.340. The van der Waals surface area contributed by atoms with Crippen LogP contribution in [0, 0.1) is 5.41 Å². The van der Waals surface area contributed by atoms with Crippen LogP contribution in [0.5, 0.6) is 0 Å². The van der Waals surface area contributed by atoms with E-state index >= 15 is 0 Å². The summed E-state index contributed by atoms with van der Waals surface area (Å²) >= 11 is 0. The van der Waals surface area contributed by atoms with Crippen LogP contribution in [0.3, 0.4) is 0 Å². The second-order valence-corrected chi connectivity index (χ2v) is 5.59. The first-order chi connectivity index (χ1) is 7.85. The number of aryl methyl sites for hydroxylation is 1. The summed E-state index contributed by atoms with van der Waals surface area (Å²) in [5.41, 5.74) is -0.271. The van der Waals surface area contributed by atoms with Gasteiger partial charge in [-0.2, -0.15) is 0 Å². The second-order valence-electron chi connectivity index (χ2n) is 5.59. The van der Waals surface area contributed by atoms with Crippen molar-refractivity contribution in [3.63, 3.8) is 0 Å². The molecule has 0 spiro atoms. The summed E-state index contributed by atoms with van der Waals surface area (Å²) in [5, 5.41) is 0. The van der Waals surface area contributed by atoms with Crippen LogP contribution in [0.4, 0.5) is 0 Å². The van der Waals surface area contributed by atoms with E-state index < -0.39 is 0 Å². The molecule has 0 aliphatic heterocycles. The molecule has 96 valence electrons. The summed E-state index contributed by atoms with van der Waals surface area (Å²) < 4.78 is 2.94. The molecule has 0 aromatic carbocycles. The number of nitrogens with zero attached hydrogens (tertiary/aromatic N) is 2. The van der Waals surface area contributed by atoms with Crippen molar-refractivity contribution in [2.24, 2.45) is 5.41 Å². The molecule has 0 unspecified atom stereocenters. The zero-order valence-electron chi connectivity index (χ0n) is 11.2. The number of hydrogen-bond donors (Lipinski definition) is 0. The van der Waals surface area contributed by atoms with Crippen LogP contribution >= 0.6 is 0 Å². The Kier molecular flexibility index (Phi) is 4.32. The maximum Gasteiger partial charge on any atom is 0.330 e. The molecule has 0 N–H and O–H groups in total. The van der Waals surface area contributed by atoms with Crippen molar-refractivity contribution in [3.8, 4) is 0 Å². The van der Waals surface area contributed by atoms with E-state index in [9.17, 15) is 9.59 Å². The van der Waals surface area contributed by atoms with Crippen LogP contribution in [-0.4, -0.2) is 9.13 Å². The molecule has 0 aliphatic carbocycles. The lowest BCUT2D eigenvalue weighted by Gasteiger charge is -2.18. The third kappa shape index (κ3) is 3.88. The molecule has 0 atom stereocenters. The molecule has 1 aromatic heterocycles. The Labute approximate surface area is 102 Å². The van der Waals surface area contributed by atoms with Crippen molar-refractivity contribution in [1.29, 1.82) is 0 Å². The summed E-state index contributed by atoms with van der Waals surface area (Å²) in [6, 6.07) is 1.47. The summed E-state index contributed by atoms with van der Waals surface area (Å²) in [6.07, 6.45) is 3.29. The van der Waals surface area contributed by atoms with E-state index in [-0.39, 0.29) is 16.7 Å². The molecular weight excluding hydrogens is 216 g/mol. The summed E-state index contributed by atoms with van der Waals surface area (Å²) in [7, 11) is 0. The van der Waals surface area contributed by atoms with E-state index in [1.807, 2.05) is 6.92 Å². The van der Waals surface area contributed by atoms with Gasteiger partial charge in [-0.25, -0.2) is 4.79 Å². The lowest BCUT2D eigenvalue weighted by atomic mass is 9.92. The van der Waals surface area contributed by atoms with Gasteiger partial charge in [0, 0.05) is 25.4 Å². The average molecular weight is 238 g/mol. The molecule has 0 fully saturated rings. The lowest BCUT2D eigenvalue weighted by Crippen LogP contribution is -2.39. The normalized spacial score (nSPS) is 11.8. The van der Waals surface area contributed by atoms with Gasteiger partial charge < -0.3 is 4.57 Å². The van der Waals surface area contributed by atoms with Gasteiger partial charge in [-0.05, 0) is 18.3 Å². The predicted molar refractivity (Wildman–Crippen MR) is 69.3 cm³/mol. The minimum absolute atomic E-state index is 0.122. The van der Waals surface area contributed by atoms with E-state index in [1.165, 1.54) is 10.6 Å². The highest BCUT2D eigenvalue weighted by Crippen LogP contribution is 2.18. The van der Waals surface area contributed by atoms with Crippen molar-refractivity contribution in [2.75, 3.05) is 0 Å². The summed E-state index contributed by atoms with van der Waals surface area (Å²) in [6.45, 7) is 9.47. The molecular formula is C13H22N2O2. The van der Waals surface area contributed by atoms with Crippen LogP contribution < -0.4 is 11.2 Å². The molecule has 0 aliphatic rings. The van der Waals surface area contributed by atoms with Gasteiger partial charge in [0.15, 0.2) is 0 Å². The van der Waals surface area contributed by atoms with Gasteiger partial charge in [-0.1, -0.05) is 27.7 Å². The van der Waals surface area contributed by atoms with Crippen molar-refractivity contribution < 1.29 is 0 Å². The molecule has 0 bridgehead atoms. The fraction of sp³-hybridized carbons (Fsp3) is 0.692. The number of hydrogen-bond acceptors (Lipinski definition) is 2. The van der Waals surface area contributed by atoms with Gasteiger partial charge in [0.1, 0.15) is 0 Å².